The van der Waals surface area contributed by atoms with Crippen molar-refractivity contribution in [2.45, 2.75) is 38.3 Å². The standard InChI is InChI=1S/C21H26FN3O4/c1-11(2)9-15-16-17(19(27)25(18(16)26)7-4-8-29-3)21(24-15)13-10-12(22)5-6-14(13)23-20(21)28/h5-6,10-11,15-17,24H,4,7-9H2,1-3H3,(H,23,28)/p+1/t15-,16+,17-,21-/m0/s1. The van der Waals surface area contributed by atoms with E-state index >= 15 is 0 Å². The van der Waals surface area contributed by atoms with Gasteiger partial charge in [-0.25, -0.2) is 4.39 Å². The van der Waals surface area contributed by atoms with E-state index in [9.17, 15) is 18.8 Å². The fourth-order valence-electron chi connectivity index (χ4n) is 5.34. The van der Waals surface area contributed by atoms with E-state index in [1.807, 2.05) is 19.2 Å². The number of hydrogen-bond acceptors (Lipinski definition) is 4. The van der Waals surface area contributed by atoms with E-state index in [1.54, 1.807) is 7.11 Å². The number of carbonyl (C=O) groups excluding carboxylic acids is 3. The number of fused-ring (bicyclic) bond motifs is 4. The summed E-state index contributed by atoms with van der Waals surface area (Å²) in [6.07, 6.45) is 1.22. The fraction of sp³-hybridized carbons (Fsp3) is 0.571. The van der Waals surface area contributed by atoms with Crippen LogP contribution in [0.4, 0.5) is 10.1 Å². The monoisotopic (exact) mass is 404 g/mol. The fourth-order valence-corrected chi connectivity index (χ4v) is 5.34. The van der Waals surface area contributed by atoms with Crippen LogP contribution in [0.15, 0.2) is 18.2 Å². The Bertz CT molecular complexity index is 873. The summed E-state index contributed by atoms with van der Waals surface area (Å²) in [6.45, 7) is 4.80. The first-order valence-corrected chi connectivity index (χ1v) is 10.1. The number of rotatable bonds is 6. The van der Waals surface area contributed by atoms with Gasteiger partial charge in [-0.3, -0.25) is 19.3 Å². The van der Waals surface area contributed by atoms with Crippen LogP contribution in [-0.4, -0.2) is 48.9 Å². The number of quaternary nitrogens is 1. The Hall–Kier alpha value is -2.32. The van der Waals surface area contributed by atoms with Crippen molar-refractivity contribution in [2.24, 2.45) is 17.8 Å². The lowest BCUT2D eigenvalue weighted by Gasteiger charge is -2.26. The SMILES string of the molecule is COCCCN1C(=O)[C@@H]2[C@H](CC(C)C)[NH2+][C@]3(C(=O)Nc4ccc(F)cc43)[C@@H]2C1=O. The molecule has 3 N–H and O–H groups in total. The normalized spacial score (nSPS) is 30.4. The zero-order chi connectivity index (χ0) is 20.9. The summed E-state index contributed by atoms with van der Waals surface area (Å²) >= 11 is 0. The molecule has 3 heterocycles. The van der Waals surface area contributed by atoms with E-state index in [1.165, 1.54) is 23.1 Å². The number of nitrogens with two attached hydrogens (primary N) is 1. The highest BCUT2D eigenvalue weighted by atomic mass is 19.1. The van der Waals surface area contributed by atoms with Gasteiger partial charge in [0.15, 0.2) is 0 Å². The van der Waals surface area contributed by atoms with Crippen LogP contribution in [0.25, 0.3) is 0 Å². The molecule has 0 unspecified atom stereocenters. The van der Waals surface area contributed by atoms with Crippen molar-refractivity contribution in [1.29, 1.82) is 0 Å². The summed E-state index contributed by atoms with van der Waals surface area (Å²) in [6, 6.07) is 3.91. The van der Waals surface area contributed by atoms with Crippen molar-refractivity contribution >= 4 is 23.4 Å². The Morgan fingerprint density at radius 1 is 1.28 bits per heavy atom. The van der Waals surface area contributed by atoms with Crippen LogP contribution in [0.3, 0.4) is 0 Å². The Labute approximate surface area is 169 Å². The third kappa shape index (κ3) is 2.88. The van der Waals surface area contributed by atoms with E-state index in [2.05, 4.69) is 5.32 Å². The summed E-state index contributed by atoms with van der Waals surface area (Å²) < 4.78 is 19.2. The first-order chi connectivity index (χ1) is 13.8. The molecule has 3 amide bonds. The van der Waals surface area contributed by atoms with Gasteiger partial charge in [-0.2, -0.15) is 0 Å². The molecule has 156 valence electrons. The molecule has 0 aliphatic carbocycles. The van der Waals surface area contributed by atoms with Gasteiger partial charge in [0.2, 0.25) is 17.4 Å². The molecule has 0 aromatic heterocycles. The molecule has 2 fully saturated rings. The van der Waals surface area contributed by atoms with Gasteiger partial charge in [0.05, 0.1) is 5.69 Å². The maximum absolute atomic E-state index is 14.1. The van der Waals surface area contributed by atoms with E-state index < -0.39 is 23.2 Å². The minimum Gasteiger partial charge on any atom is -0.385 e. The smallest absolute Gasteiger partial charge is 0.291 e. The molecule has 1 aromatic rings. The van der Waals surface area contributed by atoms with Crippen molar-refractivity contribution in [3.63, 3.8) is 0 Å². The van der Waals surface area contributed by atoms with Crippen LogP contribution in [0, 0.1) is 23.6 Å². The number of halogens is 1. The lowest BCUT2D eigenvalue weighted by Crippen LogP contribution is -2.99. The number of likely N-dealkylation sites (tertiary alicyclic amines) is 1. The molecule has 3 aliphatic heterocycles. The number of ether oxygens (including phenoxy) is 1. The zero-order valence-corrected chi connectivity index (χ0v) is 16.9. The molecule has 0 bridgehead atoms. The van der Waals surface area contributed by atoms with Crippen LogP contribution in [-0.2, 0) is 24.7 Å². The Morgan fingerprint density at radius 2 is 2.03 bits per heavy atom. The van der Waals surface area contributed by atoms with Gasteiger partial charge in [-0.1, -0.05) is 13.8 Å². The van der Waals surface area contributed by atoms with E-state index in [0.717, 1.165) is 0 Å². The number of imide groups is 1. The van der Waals surface area contributed by atoms with Crippen LogP contribution < -0.4 is 10.6 Å². The average molecular weight is 404 g/mol. The number of methoxy groups -OCH3 is 1. The third-order valence-electron chi connectivity index (χ3n) is 6.40. The van der Waals surface area contributed by atoms with Crippen molar-refractivity contribution < 1.29 is 28.8 Å². The van der Waals surface area contributed by atoms with E-state index in [0.29, 0.717) is 30.7 Å². The minimum absolute atomic E-state index is 0.219. The first kappa shape index (κ1) is 20.0. The van der Waals surface area contributed by atoms with Gasteiger partial charge in [0.1, 0.15) is 23.7 Å². The molecule has 1 aromatic carbocycles. The highest BCUT2D eigenvalue weighted by Crippen LogP contribution is 2.49. The molecule has 0 saturated carbocycles. The predicted molar refractivity (Wildman–Crippen MR) is 102 cm³/mol. The van der Waals surface area contributed by atoms with Crippen LogP contribution in [0.2, 0.25) is 0 Å². The molecule has 3 aliphatic rings. The summed E-state index contributed by atoms with van der Waals surface area (Å²) in [4.78, 5) is 41.1. The molecule has 8 heteroatoms. The zero-order valence-electron chi connectivity index (χ0n) is 16.9. The second-order valence-electron chi connectivity index (χ2n) is 8.65. The molecular formula is C21H27FN3O4+. The van der Waals surface area contributed by atoms with Gasteiger partial charge in [-0.15, -0.1) is 0 Å². The largest absolute Gasteiger partial charge is 0.385 e. The Balaban J connectivity index is 1.79. The maximum atomic E-state index is 14.1. The summed E-state index contributed by atoms with van der Waals surface area (Å²) in [5.41, 5.74) is -0.331. The Kier molecular flexibility index (Phi) is 4.94. The summed E-state index contributed by atoms with van der Waals surface area (Å²) in [7, 11) is 1.57. The van der Waals surface area contributed by atoms with Crippen molar-refractivity contribution in [3.05, 3.63) is 29.6 Å². The first-order valence-electron chi connectivity index (χ1n) is 10.1. The van der Waals surface area contributed by atoms with Gasteiger partial charge in [0.25, 0.3) is 5.91 Å². The van der Waals surface area contributed by atoms with E-state index in [4.69, 9.17) is 4.74 Å². The second-order valence-corrected chi connectivity index (χ2v) is 8.65. The van der Waals surface area contributed by atoms with Crippen LogP contribution >= 0.6 is 0 Å². The van der Waals surface area contributed by atoms with E-state index in [-0.39, 0.29) is 36.2 Å². The molecule has 4 atom stereocenters. The van der Waals surface area contributed by atoms with Gasteiger partial charge >= 0.3 is 0 Å². The lowest BCUT2D eigenvalue weighted by molar-refractivity contribution is -0.734. The second kappa shape index (κ2) is 7.18. The number of nitrogens with one attached hydrogen (secondary N) is 1. The molecule has 2 saturated heterocycles. The highest BCUT2D eigenvalue weighted by molar-refractivity contribution is 6.13. The molecule has 4 rings (SSSR count). The predicted octanol–water partition coefficient (Wildman–Crippen LogP) is 0.603. The van der Waals surface area contributed by atoms with Gasteiger partial charge in [0, 0.05) is 32.2 Å². The summed E-state index contributed by atoms with van der Waals surface area (Å²) in [5.74, 6) is -2.52. The van der Waals surface area contributed by atoms with Gasteiger partial charge in [-0.05, 0) is 30.5 Å². The third-order valence-corrected chi connectivity index (χ3v) is 6.40. The number of hydrogen-bond donors (Lipinski definition) is 2. The molecule has 0 radical (unpaired) electrons. The van der Waals surface area contributed by atoms with Crippen molar-refractivity contribution in [1.82, 2.24) is 4.90 Å². The van der Waals surface area contributed by atoms with Crippen LogP contribution in [0.1, 0.15) is 32.3 Å². The van der Waals surface area contributed by atoms with Crippen LogP contribution in [0.5, 0.6) is 0 Å². The van der Waals surface area contributed by atoms with Gasteiger partial charge < -0.3 is 15.4 Å². The Morgan fingerprint density at radius 3 is 2.72 bits per heavy atom. The minimum atomic E-state index is -1.30. The maximum Gasteiger partial charge on any atom is 0.291 e. The summed E-state index contributed by atoms with van der Waals surface area (Å²) in [5, 5.41) is 4.66. The van der Waals surface area contributed by atoms with Crippen molar-refractivity contribution in [3.8, 4) is 0 Å². The van der Waals surface area contributed by atoms with Crippen molar-refractivity contribution in [2.75, 3.05) is 25.6 Å². The molecule has 7 nitrogen and oxygen atoms in total. The number of nitrogens with zero attached hydrogens (tertiary/aromatic N) is 1. The number of benzene rings is 1. The number of amides is 3. The highest BCUT2D eigenvalue weighted by Gasteiger charge is 2.74. The molecule has 1 spiro atoms. The average Bonchev–Trinajstić information content (AvgIpc) is 3.22. The lowest BCUT2D eigenvalue weighted by atomic mass is 9.76. The number of carbonyl (C=O) groups is 3. The quantitative estimate of drug-likeness (QED) is 0.537. The molecule has 29 heavy (non-hydrogen) atoms. The topological polar surface area (TPSA) is 92.3 Å². The molecular weight excluding hydrogens is 377 g/mol. The number of anilines is 1.